The van der Waals surface area contributed by atoms with Crippen molar-refractivity contribution in [3.05, 3.63) is 62.1 Å². The van der Waals surface area contributed by atoms with Crippen molar-refractivity contribution in [1.82, 2.24) is 5.32 Å². The maximum Gasteiger partial charge on any atom is 0.262 e. The smallest absolute Gasteiger partial charge is 0.262 e. The lowest BCUT2D eigenvalue weighted by molar-refractivity contribution is -0.117. The lowest BCUT2D eigenvalue weighted by Gasteiger charge is -2.14. The molecule has 0 unspecified atom stereocenters. The van der Waals surface area contributed by atoms with Crippen LogP contribution in [0.2, 0.25) is 15.1 Å². The Labute approximate surface area is 184 Å². The van der Waals surface area contributed by atoms with Crippen molar-refractivity contribution in [3.8, 4) is 17.6 Å². The van der Waals surface area contributed by atoms with Crippen LogP contribution in [0.1, 0.15) is 25.0 Å². The van der Waals surface area contributed by atoms with Crippen LogP contribution in [0.15, 0.2) is 35.9 Å². The molecule has 0 saturated carbocycles. The molecule has 1 amide bonds. The Morgan fingerprint density at radius 3 is 2.48 bits per heavy atom. The predicted molar refractivity (Wildman–Crippen MR) is 116 cm³/mol. The third-order valence-corrected chi connectivity index (χ3v) is 4.73. The number of hydrogen-bond donors (Lipinski definition) is 1. The molecule has 5 nitrogen and oxygen atoms in total. The van der Waals surface area contributed by atoms with Gasteiger partial charge >= 0.3 is 0 Å². The highest BCUT2D eigenvalue weighted by atomic mass is 35.5. The SMILES string of the molecule is COc1cc(/C=C(/C#N)C(=O)NC(C)C)cc(Cl)c1OCc1ccc(Cl)c(Cl)c1. The highest BCUT2D eigenvalue weighted by molar-refractivity contribution is 6.42. The monoisotopic (exact) mass is 452 g/mol. The van der Waals surface area contributed by atoms with E-state index < -0.39 is 5.91 Å². The van der Waals surface area contributed by atoms with Crippen molar-refractivity contribution in [3.63, 3.8) is 0 Å². The second-order valence-electron chi connectivity index (χ2n) is 6.37. The molecule has 0 aliphatic heterocycles. The molecule has 0 fully saturated rings. The minimum Gasteiger partial charge on any atom is -0.493 e. The number of nitrogens with one attached hydrogen (secondary N) is 1. The Balaban J connectivity index is 2.28. The van der Waals surface area contributed by atoms with E-state index in [-0.39, 0.29) is 23.2 Å². The number of halogens is 3. The summed E-state index contributed by atoms with van der Waals surface area (Å²) in [6.45, 7) is 3.82. The highest BCUT2D eigenvalue weighted by Gasteiger charge is 2.15. The first-order valence-electron chi connectivity index (χ1n) is 8.62. The number of hydrogen-bond acceptors (Lipinski definition) is 4. The largest absolute Gasteiger partial charge is 0.493 e. The van der Waals surface area contributed by atoms with Gasteiger partial charge in [0.05, 0.1) is 22.2 Å². The van der Waals surface area contributed by atoms with Crippen LogP contribution in [0.3, 0.4) is 0 Å². The van der Waals surface area contributed by atoms with Gasteiger partial charge in [0.25, 0.3) is 5.91 Å². The Hall–Kier alpha value is -2.39. The quantitative estimate of drug-likeness (QED) is 0.433. The minimum atomic E-state index is -0.461. The van der Waals surface area contributed by atoms with E-state index in [0.717, 1.165) is 5.56 Å². The van der Waals surface area contributed by atoms with E-state index >= 15 is 0 Å². The van der Waals surface area contributed by atoms with Gasteiger partial charge < -0.3 is 14.8 Å². The standard InChI is InChI=1S/C21H19Cl3N2O3/c1-12(2)26-21(27)15(10-25)6-14-8-18(24)20(19(9-14)28-3)29-11-13-4-5-16(22)17(23)7-13/h4-9,12H,11H2,1-3H3,(H,26,27)/b15-6-. The number of rotatable bonds is 7. The number of benzene rings is 2. The molecule has 0 aromatic heterocycles. The van der Waals surface area contributed by atoms with Crippen LogP contribution in [0, 0.1) is 11.3 Å². The molecular weight excluding hydrogens is 435 g/mol. The number of carbonyl (C=O) groups excluding carboxylic acids is 1. The molecule has 8 heteroatoms. The summed E-state index contributed by atoms with van der Waals surface area (Å²) in [5.74, 6) is 0.241. The van der Waals surface area contributed by atoms with E-state index in [9.17, 15) is 10.1 Å². The zero-order valence-corrected chi connectivity index (χ0v) is 18.3. The van der Waals surface area contributed by atoms with Crippen LogP contribution >= 0.6 is 34.8 Å². The number of methoxy groups -OCH3 is 1. The van der Waals surface area contributed by atoms with Gasteiger partial charge in [0, 0.05) is 6.04 Å². The maximum absolute atomic E-state index is 12.1. The molecule has 2 aromatic rings. The summed E-state index contributed by atoms with van der Waals surface area (Å²) in [7, 11) is 1.47. The molecule has 2 rings (SSSR count). The maximum atomic E-state index is 12.1. The number of amides is 1. The van der Waals surface area contributed by atoms with Crippen LogP contribution in [-0.2, 0) is 11.4 Å². The molecule has 0 atom stereocenters. The number of ether oxygens (including phenoxy) is 2. The van der Waals surface area contributed by atoms with Gasteiger partial charge in [0.15, 0.2) is 11.5 Å². The van der Waals surface area contributed by atoms with Gasteiger partial charge in [0.2, 0.25) is 0 Å². The lowest BCUT2D eigenvalue weighted by Crippen LogP contribution is -2.30. The Kier molecular flexibility index (Phi) is 8.21. The number of nitriles is 1. The van der Waals surface area contributed by atoms with Crippen LogP contribution in [0.5, 0.6) is 11.5 Å². The van der Waals surface area contributed by atoms with Crippen molar-refractivity contribution in [2.24, 2.45) is 0 Å². The van der Waals surface area contributed by atoms with Crippen LogP contribution in [0.4, 0.5) is 0 Å². The van der Waals surface area contributed by atoms with Crippen LogP contribution in [0.25, 0.3) is 6.08 Å². The summed E-state index contributed by atoms with van der Waals surface area (Å²) in [5.41, 5.74) is 1.30. The Morgan fingerprint density at radius 1 is 1.17 bits per heavy atom. The molecule has 0 bridgehead atoms. The van der Waals surface area contributed by atoms with E-state index in [4.69, 9.17) is 44.3 Å². The van der Waals surface area contributed by atoms with Crippen LogP contribution in [-0.4, -0.2) is 19.1 Å². The molecule has 0 spiro atoms. The molecule has 152 valence electrons. The average molecular weight is 454 g/mol. The van der Waals surface area contributed by atoms with E-state index in [1.807, 2.05) is 19.9 Å². The van der Waals surface area contributed by atoms with Gasteiger partial charge in [0.1, 0.15) is 18.2 Å². The van der Waals surface area contributed by atoms with Gasteiger partial charge in [-0.25, -0.2) is 0 Å². The fourth-order valence-corrected chi connectivity index (χ4v) is 3.00. The predicted octanol–water partition coefficient (Wildman–Crippen LogP) is 5.67. The van der Waals surface area contributed by atoms with Crippen molar-refractivity contribution in [2.45, 2.75) is 26.5 Å². The van der Waals surface area contributed by atoms with Gasteiger partial charge in [-0.05, 0) is 55.3 Å². The van der Waals surface area contributed by atoms with Crippen LogP contribution < -0.4 is 14.8 Å². The second-order valence-corrected chi connectivity index (χ2v) is 7.59. The van der Waals surface area contributed by atoms with Crippen molar-refractivity contribution < 1.29 is 14.3 Å². The van der Waals surface area contributed by atoms with Gasteiger partial charge in [-0.2, -0.15) is 5.26 Å². The first kappa shape index (κ1) is 22.9. The van der Waals surface area contributed by atoms with Gasteiger partial charge in [-0.1, -0.05) is 40.9 Å². The molecule has 0 saturated heterocycles. The summed E-state index contributed by atoms with van der Waals surface area (Å²) in [4.78, 5) is 12.1. The van der Waals surface area contributed by atoms with E-state index in [1.165, 1.54) is 13.2 Å². The van der Waals surface area contributed by atoms with E-state index in [2.05, 4.69) is 5.32 Å². The van der Waals surface area contributed by atoms with Crippen molar-refractivity contribution >= 4 is 46.8 Å². The first-order chi connectivity index (χ1) is 13.7. The Bertz CT molecular complexity index is 982. The summed E-state index contributed by atoms with van der Waals surface area (Å²) in [6.07, 6.45) is 1.44. The summed E-state index contributed by atoms with van der Waals surface area (Å²) >= 11 is 18.3. The van der Waals surface area contributed by atoms with Gasteiger partial charge in [-0.3, -0.25) is 4.79 Å². The first-order valence-corrected chi connectivity index (χ1v) is 9.75. The fourth-order valence-electron chi connectivity index (χ4n) is 2.40. The van der Waals surface area contributed by atoms with Crippen molar-refractivity contribution in [1.29, 1.82) is 5.26 Å². The molecule has 0 aliphatic rings. The van der Waals surface area contributed by atoms with Crippen molar-refractivity contribution in [2.75, 3.05) is 7.11 Å². The highest BCUT2D eigenvalue weighted by Crippen LogP contribution is 2.37. The van der Waals surface area contributed by atoms with E-state index in [0.29, 0.717) is 27.1 Å². The minimum absolute atomic E-state index is 0.0405. The number of nitrogens with zero attached hydrogens (tertiary/aromatic N) is 1. The normalized spacial score (nSPS) is 11.2. The molecule has 2 aromatic carbocycles. The van der Waals surface area contributed by atoms with E-state index in [1.54, 1.807) is 30.3 Å². The Morgan fingerprint density at radius 2 is 1.90 bits per heavy atom. The topological polar surface area (TPSA) is 71.3 Å². The second kappa shape index (κ2) is 10.4. The third kappa shape index (κ3) is 6.30. The summed E-state index contributed by atoms with van der Waals surface area (Å²) in [6, 6.07) is 10.2. The summed E-state index contributed by atoms with van der Waals surface area (Å²) < 4.78 is 11.2. The average Bonchev–Trinajstić information content (AvgIpc) is 2.66. The summed E-state index contributed by atoms with van der Waals surface area (Å²) in [5, 5.41) is 13.1. The third-order valence-electron chi connectivity index (χ3n) is 3.71. The van der Waals surface area contributed by atoms with Gasteiger partial charge in [-0.15, -0.1) is 0 Å². The fraction of sp³-hybridized carbons (Fsp3) is 0.238. The zero-order valence-electron chi connectivity index (χ0n) is 16.1. The molecule has 1 N–H and O–H groups in total. The molecule has 0 aliphatic carbocycles. The molecule has 29 heavy (non-hydrogen) atoms. The lowest BCUT2D eigenvalue weighted by atomic mass is 10.1. The zero-order chi connectivity index (χ0) is 21.6. The molecule has 0 radical (unpaired) electrons. The molecular formula is C21H19Cl3N2O3. The molecule has 0 heterocycles. The number of carbonyl (C=O) groups is 1.